The number of halogens is 2. The van der Waals surface area contributed by atoms with Crippen LogP contribution >= 0.6 is 27.5 Å². The van der Waals surface area contributed by atoms with E-state index in [1.807, 2.05) is 12.1 Å². The molecule has 8 heteroatoms. The van der Waals surface area contributed by atoms with E-state index in [0.717, 1.165) is 37.5 Å². The van der Waals surface area contributed by atoms with Crippen molar-refractivity contribution in [3.63, 3.8) is 0 Å². The normalized spacial score (nSPS) is 12.0. The third-order valence-corrected chi connectivity index (χ3v) is 6.47. The molecule has 0 aliphatic heterocycles. The lowest BCUT2D eigenvalue weighted by atomic mass is 9.85. The topological polar surface area (TPSA) is 55.4 Å². The molecular weight excluding hydrogens is 548 g/mol. The summed E-state index contributed by atoms with van der Waals surface area (Å²) in [7, 11) is 3.31. The predicted octanol–water partition coefficient (Wildman–Crippen LogP) is 6.79. The molecule has 3 rings (SSSR count). The largest absolute Gasteiger partial charge is 0.490 e. The van der Waals surface area contributed by atoms with Gasteiger partial charge in [-0.15, -0.1) is 0 Å². The smallest absolute Gasteiger partial charge is 0.136 e. The number of benzene rings is 3. The molecule has 0 aromatic heterocycles. The Labute approximate surface area is 227 Å². The second-order valence-corrected chi connectivity index (χ2v) is 10.7. The first kappa shape index (κ1) is 29.0. The molecule has 0 atom stereocenters. The van der Waals surface area contributed by atoms with Gasteiger partial charge in [-0.3, -0.25) is 0 Å². The van der Waals surface area contributed by atoms with E-state index in [9.17, 15) is 0 Å². The molecule has 0 N–H and O–H groups in total. The summed E-state index contributed by atoms with van der Waals surface area (Å²) in [5.74, 6) is 1.48. The Morgan fingerprint density at radius 3 is 1.86 bits per heavy atom. The van der Waals surface area contributed by atoms with Crippen LogP contribution < -0.4 is 9.47 Å². The first-order valence-electron chi connectivity index (χ1n) is 12.1. The van der Waals surface area contributed by atoms with Crippen LogP contribution in [0.15, 0.2) is 34.8 Å². The van der Waals surface area contributed by atoms with Gasteiger partial charge in [-0.05, 0) is 29.2 Å². The summed E-state index contributed by atoms with van der Waals surface area (Å²) in [6, 6.07) is 10.3. The fourth-order valence-electron chi connectivity index (χ4n) is 3.86. The SMILES string of the molecule is COCCOCCOc1c2cc(C(C)(C)C)ccc2c(OCCOCCOC)c2c(Cl)cc(Br)cc12. The van der Waals surface area contributed by atoms with Crippen molar-refractivity contribution in [2.75, 3.05) is 67.1 Å². The fraction of sp³-hybridized carbons (Fsp3) is 0.500. The van der Waals surface area contributed by atoms with E-state index in [2.05, 4.69) is 54.9 Å². The lowest BCUT2D eigenvalue weighted by molar-refractivity contribution is 0.0545. The Morgan fingerprint density at radius 1 is 0.694 bits per heavy atom. The molecule has 0 fully saturated rings. The maximum Gasteiger partial charge on any atom is 0.136 e. The van der Waals surface area contributed by atoms with Gasteiger partial charge in [0.05, 0.1) is 44.7 Å². The summed E-state index contributed by atoms with van der Waals surface area (Å²) < 4.78 is 34.9. The first-order valence-corrected chi connectivity index (χ1v) is 13.2. The van der Waals surface area contributed by atoms with E-state index >= 15 is 0 Å². The van der Waals surface area contributed by atoms with Gasteiger partial charge in [0.15, 0.2) is 0 Å². The molecular formula is C28H36BrClO6. The van der Waals surface area contributed by atoms with Gasteiger partial charge in [0.25, 0.3) is 0 Å². The van der Waals surface area contributed by atoms with Crippen molar-refractivity contribution in [1.82, 2.24) is 0 Å². The predicted molar refractivity (Wildman–Crippen MR) is 149 cm³/mol. The number of fused-ring (bicyclic) bond motifs is 2. The number of hydrogen-bond acceptors (Lipinski definition) is 6. The molecule has 0 spiro atoms. The Morgan fingerprint density at radius 2 is 1.28 bits per heavy atom. The number of ether oxygens (including phenoxy) is 6. The van der Waals surface area contributed by atoms with Gasteiger partial charge in [-0.2, -0.15) is 0 Å². The van der Waals surface area contributed by atoms with Crippen LogP contribution in [-0.4, -0.2) is 67.1 Å². The van der Waals surface area contributed by atoms with Gasteiger partial charge in [0.2, 0.25) is 0 Å². The number of rotatable bonds is 14. The van der Waals surface area contributed by atoms with Crippen molar-refractivity contribution in [3.8, 4) is 11.5 Å². The lowest BCUT2D eigenvalue weighted by Gasteiger charge is -2.23. The van der Waals surface area contributed by atoms with E-state index in [1.165, 1.54) is 5.56 Å². The summed E-state index contributed by atoms with van der Waals surface area (Å²) in [5, 5.41) is 4.17. The van der Waals surface area contributed by atoms with Gasteiger partial charge in [-0.1, -0.05) is 60.4 Å². The molecule has 0 aliphatic carbocycles. The molecule has 3 aromatic rings. The monoisotopic (exact) mass is 582 g/mol. The highest BCUT2D eigenvalue weighted by molar-refractivity contribution is 9.10. The van der Waals surface area contributed by atoms with E-state index in [4.69, 9.17) is 40.0 Å². The molecule has 0 unspecified atom stereocenters. The fourth-order valence-corrected chi connectivity index (χ4v) is 4.75. The summed E-state index contributed by atoms with van der Waals surface area (Å²) in [6.07, 6.45) is 0. The second-order valence-electron chi connectivity index (χ2n) is 9.39. The van der Waals surface area contributed by atoms with Gasteiger partial charge in [0, 0.05) is 40.2 Å². The summed E-state index contributed by atoms with van der Waals surface area (Å²) >= 11 is 10.4. The van der Waals surface area contributed by atoms with Crippen LogP contribution in [-0.2, 0) is 24.4 Å². The molecule has 0 saturated carbocycles. The Hall–Kier alpha value is -1.61. The molecule has 36 heavy (non-hydrogen) atoms. The second kappa shape index (κ2) is 13.8. The molecule has 198 valence electrons. The van der Waals surface area contributed by atoms with Crippen LogP contribution in [0.2, 0.25) is 5.02 Å². The summed E-state index contributed by atoms with van der Waals surface area (Å²) in [5.41, 5.74) is 1.17. The minimum Gasteiger partial charge on any atom is -0.490 e. The zero-order valence-corrected chi connectivity index (χ0v) is 24.1. The maximum absolute atomic E-state index is 6.79. The molecule has 0 heterocycles. The molecule has 0 amide bonds. The molecule has 0 aliphatic rings. The van der Waals surface area contributed by atoms with Crippen LogP contribution in [0.1, 0.15) is 26.3 Å². The van der Waals surface area contributed by atoms with E-state index < -0.39 is 0 Å². The number of hydrogen-bond donors (Lipinski definition) is 0. The van der Waals surface area contributed by atoms with Crippen LogP contribution in [0.5, 0.6) is 11.5 Å². The Kier molecular flexibility index (Phi) is 11.1. The molecule has 3 aromatic carbocycles. The zero-order chi connectivity index (χ0) is 26.1. The Bertz CT molecular complexity index is 1140. The maximum atomic E-state index is 6.79. The van der Waals surface area contributed by atoms with Crippen molar-refractivity contribution < 1.29 is 28.4 Å². The van der Waals surface area contributed by atoms with Crippen LogP contribution in [0.25, 0.3) is 21.5 Å². The first-order chi connectivity index (χ1) is 17.3. The lowest BCUT2D eigenvalue weighted by Crippen LogP contribution is -2.13. The molecule has 0 saturated heterocycles. The zero-order valence-electron chi connectivity index (χ0n) is 21.7. The summed E-state index contributed by atoms with van der Waals surface area (Å²) in [4.78, 5) is 0. The highest BCUT2D eigenvalue weighted by Gasteiger charge is 2.22. The van der Waals surface area contributed by atoms with Gasteiger partial charge in [0.1, 0.15) is 24.7 Å². The van der Waals surface area contributed by atoms with Crippen molar-refractivity contribution in [2.24, 2.45) is 0 Å². The van der Waals surface area contributed by atoms with Gasteiger partial charge < -0.3 is 28.4 Å². The highest BCUT2D eigenvalue weighted by atomic mass is 79.9. The average molecular weight is 584 g/mol. The van der Waals surface area contributed by atoms with Crippen LogP contribution in [0.3, 0.4) is 0 Å². The van der Waals surface area contributed by atoms with Crippen molar-refractivity contribution >= 4 is 49.1 Å². The number of methoxy groups -OCH3 is 2. The minimum atomic E-state index is -0.0329. The average Bonchev–Trinajstić information content (AvgIpc) is 2.83. The molecule has 0 bridgehead atoms. The van der Waals surface area contributed by atoms with Crippen molar-refractivity contribution in [3.05, 3.63) is 45.4 Å². The van der Waals surface area contributed by atoms with Crippen molar-refractivity contribution in [2.45, 2.75) is 26.2 Å². The van der Waals surface area contributed by atoms with E-state index in [-0.39, 0.29) is 5.41 Å². The quantitative estimate of drug-likeness (QED) is 0.154. The van der Waals surface area contributed by atoms with E-state index in [0.29, 0.717) is 57.9 Å². The van der Waals surface area contributed by atoms with Crippen molar-refractivity contribution in [1.29, 1.82) is 0 Å². The third kappa shape index (κ3) is 7.46. The minimum absolute atomic E-state index is 0.0329. The third-order valence-electron chi connectivity index (χ3n) is 5.71. The standard InChI is InChI=1S/C28H36BrClO6/c1-28(2,3)19-6-7-21-22(16-19)26(35-14-12-33-10-8-31-4)23-17-20(29)18-24(30)25(23)27(21)36-15-13-34-11-9-32-5/h6-7,16-18H,8-15H2,1-5H3. The van der Waals surface area contributed by atoms with Gasteiger partial charge >= 0.3 is 0 Å². The summed E-state index contributed by atoms with van der Waals surface area (Å²) in [6.45, 7) is 10.4. The Balaban J connectivity index is 2.08. The van der Waals surface area contributed by atoms with Crippen LogP contribution in [0, 0.1) is 0 Å². The van der Waals surface area contributed by atoms with Gasteiger partial charge in [-0.25, -0.2) is 0 Å². The molecule has 0 radical (unpaired) electrons. The molecule has 6 nitrogen and oxygen atoms in total. The van der Waals surface area contributed by atoms with E-state index in [1.54, 1.807) is 14.2 Å². The van der Waals surface area contributed by atoms with Crippen LogP contribution in [0.4, 0.5) is 0 Å². The highest BCUT2D eigenvalue weighted by Crippen LogP contribution is 2.47.